The van der Waals surface area contributed by atoms with Gasteiger partial charge in [-0.1, -0.05) is 0 Å². The minimum absolute atomic E-state index is 0.0231. The van der Waals surface area contributed by atoms with Crippen LogP contribution in [-0.4, -0.2) is 10.9 Å². The highest BCUT2D eigenvalue weighted by Crippen LogP contribution is 2.28. The number of anilines is 1. The molecule has 0 spiro atoms. The van der Waals surface area contributed by atoms with Crippen LogP contribution in [0, 0.1) is 5.82 Å². The molecule has 0 aliphatic heterocycles. The molecule has 110 valence electrons. The van der Waals surface area contributed by atoms with E-state index in [1.54, 1.807) is 0 Å². The lowest BCUT2D eigenvalue weighted by Gasteiger charge is -2.09. The van der Waals surface area contributed by atoms with Gasteiger partial charge in [-0.3, -0.25) is 4.79 Å². The Kier molecular flexibility index (Phi) is 4.26. The third kappa shape index (κ3) is 3.78. The van der Waals surface area contributed by atoms with Gasteiger partial charge in [-0.15, -0.1) is 0 Å². The number of nitrogens with one attached hydrogen (secondary N) is 1. The fourth-order valence-corrected chi connectivity index (χ4v) is 1.93. The number of benzene rings is 1. The smallest absolute Gasteiger partial charge is 0.321 e. The van der Waals surface area contributed by atoms with E-state index in [-0.39, 0.29) is 11.3 Å². The average Bonchev–Trinajstić information content (AvgIpc) is 2.41. The number of carbonyl (C=O) groups is 1. The van der Waals surface area contributed by atoms with Crippen LogP contribution in [0.25, 0.3) is 0 Å². The SMILES string of the molecule is O=C(Nc1ccc(C(F)(F)F)nc1)c1cc(F)ccc1Br. The molecule has 3 nitrogen and oxygen atoms in total. The van der Waals surface area contributed by atoms with Crippen LogP contribution in [0.1, 0.15) is 16.1 Å². The molecule has 0 radical (unpaired) electrons. The predicted molar refractivity (Wildman–Crippen MR) is 71.3 cm³/mol. The maximum Gasteiger partial charge on any atom is 0.433 e. The van der Waals surface area contributed by atoms with Crippen molar-refractivity contribution in [1.29, 1.82) is 0 Å². The summed E-state index contributed by atoms with van der Waals surface area (Å²) in [5.74, 6) is -1.27. The van der Waals surface area contributed by atoms with Crippen LogP contribution >= 0.6 is 15.9 Å². The predicted octanol–water partition coefficient (Wildman–Crippen LogP) is 4.25. The van der Waals surface area contributed by atoms with Gasteiger partial charge in [0.05, 0.1) is 17.4 Å². The van der Waals surface area contributed by atoms with Crippen molar-refractivity contribution in [3.05, 3.63) is 58.1 Å². The Balaban J connectivity index is 2.18. The molecule has 8 heteroatoms. The number of halogens is 5. The van der Waals surface area contributed by atoms with Gasteiger partial charge in [0.15, 0.2) is 0 Å². The van der Waals surface area contributed by atoms with E-state index in [9.17, 15) is 22.4 Å². The van der Waals surface area contributed by atoms with Crippen LogP contribution in [0.2, 0.25) is 0 Å². The standard InChI is InChI=1S/C13H7BrF4N2O/c14-10-3-1-7(15)5-9(10)12(21)20-8-2-4-11(19-6-8)13(16,17)18/h1-6H,(H,20,21). The van der Waals surface area contributed by atoms with Crippen molar-refractivity contribution in [3.8, 4) is 0 Å². The van der Waals surface area contributed by atoms with Crippen molar-refractivity contribution < 1.29 is 22.4 Å². The van der Waals surface area contributed by atoms with E-state index in [1.165, 1.54) is 12.1 Å². The van der Waals surface area contributed by atoms with E-state index >= 15 is 0 Å². The molecule has 0 atom stereocenters. The summed E-state index contributed by atoms with van der Waals surface area (Å²) in [6.07, 6.45) is -3.66. The van der Waals surface area contributed by atoms with E-state index in [4.69, 9.17) is 0 Å². The molecule has 0 aliphatic carbocycles. The first kappa shape index (κ1) is 15.4. The fourth-order valence-electron chi connectivity index (χ4n) is 1.51. The van der Waals surface area contributed by atoms with Crippen LogP contribution in [0.5, 0.6) is 0 Å². The Hall–Kier alpha value is -1.96. The number of amides is 1. The number of hydrogen-bond acceptors (Lipinski definition) is 2. The van der Waals surface area contributed by atoms with Gasteiger partial charge in [-0.25, -0.2) is 9.37 Å². The summed E-state index contributed by atoms with van der Waals surface area (Å²) in [5, 5.41) is 2.34. The van der Waals surface area contributed by atoms with E-state index in [0.29, 0.717) is 4.47 Å². The van der Waals surface area contributed by atoms with Crippen molar-refractivity contribution in [3.63, 3.8) is 0 Å². The van der Waals surface area contributed by atoms with Gasteiger partial charge in [0.2, 0.25) is 0 Å². The quantitative estimate of drug-likeness (QED) is 0.811. The largest absolute Gasteiger partial charge is 0.433 e. The number of aromatic nitrogens is 1. The molecule has 0 saturated carbocycles. The maximum atomic E-state index is 13.1. The molecule has 1 amide bonds. The molecule has 1 aromatic heterocycles. The van der Waals surface area contributed by atoms with Gasteiger partial charge in [-0.2, -0.15) is 13.2 Å². The molecule has 0 bridgehead atoms. The molecular formula is C13H7BrF4N2O. The van der Waals surface area contributed by atoms with Gasteiger partial charge >= 0.3 is 6.18 Å². The normalized spacial score (nSPS) is 11.3. The van der Waals surface area contributed by atoms with Crippen LogP contribution in [-0.2, 0) is 6.18 Å². The average molecular weight is 363 g/mol. The van der Waals surface area contributed by atoms with Crippen molar-refractivity contribution >= 4 is 27.5 Å². The highest BCUT2D eigenvalue weighted by molar-refractivity contribution is 9.10. The van der Waals surface area contributed by atoms with E-state index < -0.39 is 23.6 Å². The summed E-state index contributed by atoms with van der Waals surface area (Å²) >= 11 is 3.09. The summed E-state index contributed by atoms with van der Waals surface area (Å²) in [7, 11) is 0. The third-order valence-corrected chi connectivity index (χ3v) is 3.18. The van der Waals surface area contributed by atoms with Crippen LogP contribution < -0.4 is 5.32 Å². The number of hydrogen-bond donors (Lipinski definition) is 1. The van der Waals surface area contributed by atoms with Crippen molar-refractivity contribution in [2.75, 3.05) is 5.32 Å². The Bertz CT molecular complexity index is 671. The second kappa shape index (κ2) is 5.80. The zero-order valence-corrected chi connectivity index (χ0v) is 11.8. The van der Waals surface area contributed by atoms with Gasteiger partial charge < -0.3 is 5.32 Å². The molecule has 0 aliphatic rings. The van der Waals surface area contributed by atoms with Crippen molar-refractivity contribution in [2.45, 2.75) is 6.18 Å². The monoisotopic (exact) mass is 362 g/mol. The van der Waals surface area contributed by atoms with Crippen LogP contribution in [0.3, 0.4) is 0 Å². The topological polar surface area (TPSA) is 42.0 Å². The lowest BCUT2D eigenvalue weighted by molar-refractivity contribution is -0.141. The molecule has 2 aromatic rings. The summed E-state index contributed by atoms with van der Waals surface area (Å²) < 4.78 is 50.5. The minimum atomic E-state index is -4.55. The van der Waals surface area contributed by atoms with E-state index in [0.717, 1.165) is 24.4 Å². The lowest BCUT2D eigenvalue weighted by Crippen LogP contribution is -2.14. The maximum absolute atomic E-state index is 13.1. The molecule has 0 saturated heterocycles. The number of pyridine rings is 1. The highest BCUT2D eigenvalue weighted by atomic mass is 79.9. The number of rotatable bonds is 2. The minimum Gasteiger partial charge on any atom is -0.321 e. The van der Waals surface area contributed by atoms with Gasteiger partial charge in [0.25, 0.3) is 5.91 Å². The van der Waals surface area contributed by atoms with Crippen molar-refractivity contribution in [2.24, 2.45) is 0 Å². The first-order valence-electron chi connectivity index (χ1n) is 5.57. The van der Waals surface area contributed by atoms with Gasteiger partial charge in [0.1, 0.15) is 11.5 Å². The first-order valence-corrected chi connectivity index (χ1v) is 6.36. The summed E-state index contributed by atoms with van der Waals surface area (Å²) in [6, 6.07) is 5.35. The summed E-state index contributed by atoms with van der Waals surface area (Å²) in [6.45, 7) is 0. The summed E-state index contributed by atoms with van der Waals surface area (Å²) in [4.78, 5) is 15.1. The number of nitrogens with zero attached hydrogens (tertiary/aromatic N) is 1. The molecule has 1 aromatic carbocycles. The molecule has 21 heavy (non-hydrogen) atoms. The Morgan fingerprint density at radius 3 is 2.48 bits per heavy atom. The molecule has 0 fully saturated rings. The van der Waals surface area contributed by atoms with Crippen LogP contribution in [0.15, 0.2) is 41.0 Å². The van der Waals surface area contributed by atoms with E-state index in [1.807, 2.05) is 0 Å². The molecule has 0 unspecified atom stereocenters. The highest BCUT2D eigenvalue weighted by Gasteiger charge is 2.32. The molecular weight excluding hydrogens is 356 g/mol. The summed E-state index contributed by atoms with van der Waals surface area (Å²) in [5.41, 5.74) is -0.966. The zero-order chi connectivity index (χ0) is 15.6. The van der Waals surface area contributed by atoms with Crippen molar-refractivity contribution in [1.82, 2.24) is 4.98 Å². The lowest BCUT2D eigenvalue weighted by atomic mass is 10.2. The fraction of sp³-hybridized carbons (Fsp3) is 0.0769. The Morgan fingerprint density at radius 1 is 1.19 bits per heavy atom. The number of alkyl halides is 3. The van der Waals surface area contributed by atoms with E-state index in [2.05, 4.69) is 26.2 Å². The molecule has 1 N–H and O–H groups in total. The zero-order valence-electron chi connectivity index (χ0n) is 10.2. The third-order valence-electron chi connectivity index (χ3n) is 2.48. The Labute approximate surface area is 125 Å². The first-order chi connectivity index (χ1) is 9.77. The number of carbonyl (C=O) groups excluding carboxylic acids is 1. The van der Waals surface area contributed by atoms with Gasteiger partial charge in [-0.05, 0) is 46.3 Å². The van der Waals surface area contributed by atoms with Crippen LogP contribution in [0.4, 0.5) is 23.2 Å². The Morgan fingerprint density at radius 2 is 1.90 bits per heavy atom. The van der Waals surface area contributed by atoms with Gasteiger partial charge in [0, 0.05) is 4.47 Å². The molecule has 2 rings (SSSR count). The second-order valence-corrected chi connectivity index (χ2v) is 4.86. The second-order valence-electron chi connectivity index (χ2n) is 4.01. The molecule has 1 heterocycles.